The third-order valence-corrected chi connectivity index (χ3v) is 1.11. The molecule has 0 radical (unpaired) electrons. The Bertz CT molecular complexity index is 226. The van der Waals surface area contributed by atoms with Crippen LogP contribution in [0.15, 0.2) is 60.7 Å². The molecule has 0 N–H and O–H groups in total. The number of halogens is 2. The molecule has 0 bridgehead atoms. The topological polar surface area (TPSA) is 0 Å². The van der Waals surface area contributed by atoms with Crippen molar-refractivity contribution in [1.29, 1.82) is 0 Å². The fourth-order valence-corrected chi connectivity index (χ4v) is 0.642. The van der Waals surface area contributed by atoms with E-state index in [-0.39, 0.29) is 24.8 Å². The second kappa shape index (κ2) is 17.6. The Morgan fingerprint density at radius 1 is 0.875 bits per heavy atom. The third kappa shape index (κ3) is 23.8. The molecule has 0 saturated carbocycles. The second-order valence-corrected chi connectivity index (χ2v) is 9.34. The summed E-state index contributed by atoms with van der Waals surface area (Å²) in [4.78, 5) is 0. The van der Waals surface area contributed by atoms with E-state index >= 15 is 0 Å². The minimum atomic E-state index is 0. The van der Waals surface area contributed by atoms with Crippen LogP contribution in [0.5, 0.6) is 0 Å². The van der Waals surface area contributed by atoms with Crippen LogP contribution in [0.2, 0.25) is 0 Å². The van der Waals surface area contributed by atoms with Crippen molar-refractivity contribution < 1.29 is 49.0 Å². The van der Waals surface area contributed by atoms with Gasteiger partial charge < -0.3 is 24.8 Å². The summed E-state index contributed by atoms with van der Waals surface area (Å²) in [5.41, 5.74) is 0. The zero-order valence-electron chi connectivity index (χ0n) is 9.53. The maximum atomic E-state index is 2.19. The average Bonchev–Trinajstić information content (AvgIpc) is 2.83. The summed E-state index contributed by atoms with van der Waals surface area (Å²) in [7, 11) is 1.31. The van der Waals surface area contributed by atoms with Gasteiger partial charge in [0.05, 0.1) is 0 Å². The van der Waals surface area contributed by atoms with Crippen molar-refractivity contribution in [3.63, 3.8) is 0 Å². The molecule has 0 spiro atoms. The number of hydrogen-bond acceptors (Lipinski definition) is 0. The maximum Gasteiger partial charge on any atom is -0.172 e. The molecule has 0 fully saturated rings. The Labute approximate surface area is 129 Å². The predicted molar refractivity (Wildman–Crippen MR) is 64.7 cm³/mol. The van der Waals surface area contributed by atoms with Crippen LogP contribution in [-0.4, -0.2) is 13.1 Å². The Hall–Kier alpha value is 0.250. The van der Waals surface area contributed by atoms with Crippen LogP contribution in [0.25, 0.3) is 0 Å². The molecule has 0 heterocycles. The molecule has 2 aromatic rings. The van der Waals surface area contributed by atoms with Gasteiger partial charge in [-0.25, -0.2) is 24.3 Å². The molecule has 0 atom stereocenters. The molecule has 0 amide bonds. The van der Waals surface area contributed by atoms with Gasteiger partial charge in [-0.2, -0.15) is 36.4 Å². The van der Waals surface area contributed by atoms with E-state index in [4.69, 9.17) is 0 Å². The second-order valence-electron chi connectivity index (χ2n) is 2.92. The zero-order chi connectivity index (χ0) is 10.6. The Morgan fingerprint density at radius 3 is 1.12 bits per heavy atom. The zero-order valence-corrected chi connectivity index (χ0v) is 15.5. The van der Waals surface area contributed by atoms with Gasteiger partial charge in [0.25, 0.3) is 0 Å². The van der Waals surface area contributed by atoms with E-state index in [2.05, 4.69) is 6.92 Å². The molecule has 88 valence electrons. The van der Waals surface area contributed by atoms with Crippen molar-refractivity contribution in [1.82, 2.24) is 0 Å². The van der Waals surface area contributed by atoms with Crippen molar-refractivity contribution in [3.05, 3.63) is 60.7 Å². The molecular weight excluding hydrogens is 334 g/mol. The molecule has 0 unspecified atom stereocenters. The molecule has 0 saturated heterocycles. The van der Waals surface area contributed by atoms with E-state index in [9.17, 15) is 0 Å². The molecule has 2 rings (SSSR count). The standard InChI is InChI=1S/2C5H5.C2H6Si.2ClH.Zr/c2*1-2-4-5-3-1;1-2-3;;;/h2*1-5H;1,3H3;2*1H;/q2*-1;;;;+2/p-2. The van der Waals surface area contributed by atoms with Gasteiger partial charge in [-0.1, -0.05) is 0 Å². The summed E-state index contributed by atoms with van der Waals surface area (Å²) < 4.78 is 1.65. The number of hydrogen-bond donors (Lipinski definition) is 0. The van der Waals surface area contributed by atoms with Crippen molar-refractivity contribution in [3.8, 4) is 0 Å². The van der Waals surface area contributed by atoms with Crippen LogP contribution in [-0.2, 0) is 24.2 Å². The summed E-state index contributed by atoms with van der Waals surface area (Å²) in [6.07, 6.45) is 0. The van der Waals surface area contributed by atoms with E-state index in [1.54, 1.807) is 27.1 Å². The van der Waals surface area contributed by atoms with E-state index in [1.807, 2.05) is 60.7 Å². The van der Waals surface area contributed by atoms with Gasteiger partial charge >= 0.3 is 44.2 Å². The monoisotopic (exact) mass is 348 g/mol. The Kier molecular flexibility index (Phi) is 23.7. The molecule has 16 heavy (non-hydrogen) atoms. The van der Waals surface area contributed by atoms with Crippen molar-refractivity contribution >= 4 is 13.1 Å². The van der Waals surface area contributed by atoms with E-state index in [0.717, 1.165) is 0 Å². The quantitative estimate of drug-likeness (QED) is 0.335. The van der Waals surface area contributed by atoms with Crippen LogP contribution < -0.4 is 24.8 Å². The fourth-order valence-electron chi connectivity index (χ4n) is 0.642. The minimum absolute atomic E-state index is 0. The number of rotatable bonds is 0. The Balaban J connectivity index is -0.000000151. The van der Waals surface area contributed by atoms with Gasteiger partial charge in [-0.15, -0.1) is 0 Å². The minimum Gasteiger partial charge on any atom is -1.00 e. The summed E-state index contributed by atoms with van der Waals surface area (Å²) >= 11 is 1.62. The van der Waals surface area contributed by atoms with Crippen molar-refractivity contribution in [2.45, 2.75) is 6.92 Å². The molecule has 0 aromatic heterocycles. The largest absolute Gasteiger partial charge is 1.00 e. The molecular formula is C12H16Cl2SiZr-2. The Morgan fingerprint density at radius 2 is 1.06 bits per heavy atom. The first-order valence-electron chi connectivity index (χ1n) is 4.58. The average molecular weight is 350 g/mol. The van der Waals surface area contributed by atoms with Crippen molar-refractivity contribution in [2.75, 3.05) is 0 Å². The van der Waals surface area contributed by atoms with Crippen LogP contribution >= 0.6 is 0 Å². The van der Waals surface area contributed by atoms with E-state index < -0.39 is 0 Å². The first-order valence-corrected chi connectivity index (χ1v) is 6.81. The van der Waals surface area contributed by atoms with Gasteiger partial charge in [0, 0.05) is 0 Å². The molecule has 0 aliphatic heterocycles. The molecule has 0 nitrogen and oxygen atoms in total. The summed E-state index contributed by atoms with van der Waals surface area (Å²) in [5, 5.41) is 0. The van der Waals surface area contributed by atoms with Gasteiger partial charge in [0.15, 0.2) is 0 Å². The van der Waals surface area contributed by atoms with Gasteiger partial charge in [-0.05, 0) is 0 Å². The normalized spacial score (nSPS) is 6.94. The third-order valence-electron chi connectivity index (χ3n) is 1.11. The van der Waals surface area contributed by atoms with E-state index in [1.165, 1.54) is 10.2 Å². The SMILES string of the molecule is C[C]([SiH3])=[Zr+2].[Cl-].[Cl-].c1cc[cH-]c1.c1cc[cH-]c1. The van der Waals surface area contributed by atoms with Gasteiger partial charge in [-0.3, -0.25) is 0 Å². The van der Waals surface area contributed by atoms with Crippen LogP contribution in [0.1, 0.15) is 6.92 Å². The predicted octanol–water partition coefficient (Wildman–Crippen LogP) is -4.13. The van der Waals surface area contributed by atoms with Crippen LogP contribution in [0.3, 0.4) is 0 Å². The molecule has 2 aromatic carbocycles. The fraction of sp³-hybridized carbons (Fsp3) is 0.0833. The first kappa shape index (κ1) is 21.5. The molecule has 0 aliphatic carbocycles. The molecule has 0 aliphatic rings. The van der Waals surface area contributed by atoms with Crippen LogP contribution in [0.4, 0.5) is 0 Å². The first-order chi connectivity index (χ1) is 6.73. The smallest absolute Gasteiger partial charge is 0.172 e. The van der Waals surface area contributed by atoms with Gasteiger partial charge in [0.1, 0.15) is 0 Å². The van der Waals surface area contributed by atoms with Crippen LogP contribution in [0, 0.1) is 0 Å². The molecule has 4 heteroatoms. The van der Waals surface area contributed by atoms with E-state index in [0.29, 0.717) is 0 Å². The summed E-state index contributed by atoms with van der Waals surface area (Å²) in [6, 6.07) is 20.0. The summed E-state index contributed by atoms with van der Waals surface area (Å²) in [5.74, 6) is 0. The van der Waals surface area contributed by atoms with Gasteiger partial charge in [0.2, 0.25) is 0 Å². The maximum absolute atomic E-state index is 2.19. The van der Waals surface area contributed by atoms with Crippen molar-refractivity contribution in [2.24, 2.45) is 0 Å². The summed E-state index contributed by atoms with van der Waals surface area (Å²) in [6.45, 7) is 2.19.